The van der Waals surface area contributed by atoms with Gasteiger partial charge in [0.25, 0.3) is 0 Å². The lowest BCUT2D eigenvalue weighted by Crippen LogP contribution is -2.00. The number of para-hydroxylation sites is 3. The molecule has 206 valence electrons. The second-order valence-electron chi connectivity index (χ2n) is 9.96. The Hall–Kier alpha value is -6.07. The van der Waals surface area contributed by atoms with Crippen LogP contribution in [0.4, 0.5) is 0 Å². The van der Waals surface area contributed by atoms with Crippen molar-refractivity contribution in [1.82, 2.24) is 15.0 Å². The number of hydrogen-bond acceptors (Lipinski definition) is 5. The van der Waals surface area contributed by atoms with E-state index < -0.39 is 72.0 Å². The third-order valence-corrected chi connectivity index (χ3v) is 7.35. The molecular weight excluding hydrogens is 542 g/mol. The first-order valence-corrected chi connectivity index (χ1v) is 13.6. The van der Waals surface area contributed by atoms with E-state index in [1.54, 1.807) is 30.3 Å². The van der Waals surface area contributed by atoms with Gasteiger partial charge in [-0.15, -0.1) is 0 Å². The summed E-state index contributed by atoms with van der Waals surface area (Å²) < 4.78 is 108. The molecule has 0 N–H and O–H groups in total. The maximum Gasteiger partial charge on any atom is 0.167 e. The molecule has 44 heavy (non-hydrogen) atoms. The fourth-order valence-corrected chi connectivity index (χ4v) is 5.33. The fourth-order valence-electron chi connectivity index (χ4n) is 5.33. The molecule has 0 atom stereocenters. The van der Waals surface area contributed by atoms with Crippen molar-refractivity contribution in [2.75, 3.05) is 0 Å². The van der Waals surface area contributed by atoms with E-state index in [1.165, 1.54) is 0 Å². The zero-order chi connectivity index (χ0) is 38.6. The smallest absolute Gasteiger partial charge is 0.167 e. The summed E-state index contributed by atoms with van der Waals surface area (Å²) in [6, 6.07) is 15.5. The molecule has 0 aliphatic heterocycles. The number of aromatic nitrogens is 3. The van der Waals surface area contributed by atoms with E-state index in [4.69, 9.17) is 29.8 Å². The second kappa shape index (κ2) is 9.75. The fraction of sp³-hybridized carbons (Fsp3) is 0. The number of nitrogens with zero attached hydrogens (tertiary/aromatic N) is 3. The zero-order valence-electron chi connectivity index (χ0n) is 33.6. The molecule has 0 radical (unpaired) electrons. The van der Waals surface area contributed by atoms with Gasteiger partial charge in [-0.05, 0) is 29.8 Å². The molecule has 0 fully saturated rings. The van der Waals surface area contributed by atoms with Crippen molar-refractivity contribution >= 4 is 43.9 Å². The molecule has 0 aliphatic carbocycles. The first kappa shape index (κ1) is 16.0. The quantitative estimate of drug-likeness (QED) is 0.209. The average molecular weight is 577 g/mol. The molecule has 5 nitrogen and oxygen atoms in total. The minimum absolute atomic E-state index is 0.137. The van der Waals surface area contributed by atoms with Crippen LogP contribution in [0.5, 0.6) is 0 Å². The van der Waals surface area contributed by atoms with Crippen LogP contribution in [0.3, 0.4) is 0 Å². The predicted octanol–water partition coefficient (Wildman–Crippen LogP) is 10.3. The summed E-state index contributed by atoms with van der Waals surface area (Å²) in [5, 5.41) is 1.30. The SMILES string of the molecule is [2H]c1c([2H])c([2H])c(-c2c([2H])c([2H])c([2H])c3c2oc2c([2H])c(-c4nc(-c5ccccc5)nc(-c5cccc6c5oc5ccccc56)n4)c([2H])c([2H])c23)c([2H])c1[2H]. The third-order valence-electron chi connectivity index (χ3n) is 7.35. The largest absolute Gasteiger partial charge is 0.455 e. The van der Waals surface area contributed by atoms with E-state index in [-0.39, 0.29) is 50.5 Å². The van der Waals surface area contributed by atoms with Gasteiger partial charge in [-0.2, -0.15) is 0 Å². The van der Waals surface area contributed by atoms with Crippen LogP contribution in [-0.4, -0.2) is 15.0 Å². The van der Waals surface area contributed by atoms with Gasteiger partial charge in [-0.3, -0.25) is 0 Å². The van der Waals surface area contributed by atoms with Gasteiger partial charge < -0.3 is 8.83 Å². The van der Waals surface area contributed by atoms with Gasteiger partial charge >= 0.3 is 0 Å². The molecule has 0 unspecified atom stereocenters. The Labute approximate surface area is 267 Å². The van der Waals surface area contributed by atoms with Gasteiger partial charge in [0.15, 0.2) is 17.5 Å². The molecule has 9 rings (SSSR count). The van der Waals surface area contributed by atoms with Gasteiger partial charge in [0, 0.05) is 38.2 Å². The number of hydrogen-bond donors (Lipinski definition) is 0. The lowest BCUT2D eigenvalue weighted by molar-refractivity contribution is 0.669. The highest BCUT2D eigenvalue weighted by Gasteiger charge is 2.19. The summed E-state index contributed by atoms with van der Waals surface area (Å²) in [5.41, 5.74) is 0.617. The highest BCUT2D eigenvalue weighted by Crippen LogP contribution is 2.38. The van der Waals surface area contributed by atoms with Crippen molar-refractivity contribution < 1.29 is 23.9 Å². The second-order valence-corrected chi connectivity index (χ2v) is 9.96. The van der Waals surface area contributed by atoms with Crippen molar-refractivity contribution in [1.29, 1.82) is 0 Å². The van der Waals surface area contributed by atoms with Crippen molar-refractivity contribution in [3.8, 4) is 45.3 Å². The number of fused-ring (bicyclic) bond motifs is 6. The lowest BCUT2D eigenvalue weighted by atomic mass is 10.0. The van der Waals surface area contributed by atoms with E-state index in [0.717, 1.165) is 10.8 Å². The molecule has 6 aromatic carbocycles. The molecule has 0 amide bonds. The van der Waals surface area contributed by atoms with Crippen molar-refractivity contribution in [3.05, 3.63) is 139 Å². The molecule has 9 aromatic rings. The van der Waals surface area contributed by atoms with E-state index in [2.05, 4.69) is 4.98 Å². The van der Waals surface area contributed by atoms with Crippen LogP contribution >= 0.6 is 0 Å². The van der Waals surface area contributed by atoms with Gasteiger partial charge in [-0.1, -0.05) is 115 Å². The number of furan rings is 2. The van der Waals surface area contributed by atoms with Crippen molar-refractivity contribution in [2.24, 2.45) is 0 Å². The molecule has 3 heterocycles. The summed E-state index contributed by atoms with van der Waals surface area (Å²) in [7, 11) is 0. The Morgan fingerprint density at radius 1 is 0.432 bits per heavy atom. The van der Waals surface area contributed by atoms with Crippen LogP contribution in [0.2, 0.25) is 0 Å². The molecular formula is C39H23N3O2. The van der Waals surface area contributed by atoms with Crippen LogP contribution in [0.25, 0.3) is 89.2 Å². The molecule has 3 aromatic heterocycles. The molecule has 0 aliphatic rings. The maximum absolute atomic E-state index is 9.41. The van der Waals surface area contributed by atoms with E-state index in [1.807, 2.05) is 42.5 Å². The standard InChI is InChI=1S/C39H23N3O2/c1-3-11-24(12-4-1)27-16-9-17-31-29-22-21-26(23-34(29)44-35(27)31)38-40-37(25-13-5-2-6-14-25)41-39(42-38)32-19-10-18-30-28-15-7-8-20-33(28)43-36(30)32/h1-23H/i1D,3D,4D,9D,11D,12D,16D,17D,21D,22D,23D. The van der Waals surface area contributed by atoms with Gasteiger partial charge in [0.2, 0.25) is 0 Å². The van der Waals surface area contributed by atoms with E-state index >= 15 is 0 Å². The Morgan fingerprint density at radius 2 is 1.16 bits per heavy atom. The lowest BCUT2D eigenvalue weighted by Gasteiger charge is -2.08. The first-order valence-electron chi connectivity index (χ1n) is 19.1. The molecule has 0 spiro atoms. The zero-order valence-corrected chi connectivity index (χ0v) is 22.6. The van der Waals surface area contributed by atoms with Crippen molar-refractivity contribution in [2.45, 2.75) is 0 Å². The average Bonchev–Trinajstić information content (AvgIpc) is 3.79. The van der Waals surface area contributed by atoms with Crippen molar-refractivity contribution in [3.63, 3.8) is 0 Å². The third kappa shape index (κ3) is 3.91. The molecule has 0 saturated heterocycles. The maximum atomic E-state index is 9.41. The minimum atomic E-state index is -0.683. The number of rotatable bonds is 4. The van der Waals surface area contributed by atoms with Crippen LogP contribution in [-0.2, 0) is 0 Å². The Balaban J connectivity index is 1.36. The minimum Gasteiger partial charge on any atom is -0.455 e. The number of benzene rings is 6. The van der Waals surface area contributed by atoms with E-state index in [9.17, 15) is 4.11 Å². The van der Waals surface area contributed by atoms with Gasteiger partial charge in [0.1, 0.15) is 22.3 Å². The monoisotopic (exact) mass is 576 g/mol. The highest BCUT2D eigenvalue weighted by atomic mass is 16.3. The Bertz CT molecular complexity index is 3100. The highest BCUT2D eigenvalue weighted by molar-refractivity contribution is 6.11. The van der Waals surface area contributed by atoms with Crippen LogP contribution in [0.15, 0.2) is 148 Å². The Kier molecular flexibility index (Phi) is 3.54. The summed E-state index contributed by atoms with van der Waals surface area (Å²) in [6.45, 7) is 0. The van der Waals surface area contributed by atoms with Gasteiger partial charge in [0.05, 0.1) is 20.6 Å². The molecule has 0 bridgehead atoms. The summed E-state index contributed by atoms with van der Waals surface area (Å²) in [5.74, 6) is 0.235. The van der Waals surface area contributed by atoms with Gasteiger partial charge in [-0.25, -0.2) is 15.0 Å². The predicted molar refractivity (Wildman–Crippen MR) is 176 cm³/mol. The molecule has 5 heteroatoms. The summed E-state index contributed by atoms with van der Waals surface area (Å²) >= 11 is 0. The molecule has 0 saturated carbocycles. The topological polar surface area (TPSA) is 65.0 Å². The summed E-state index contributed by atoms with van der Waals surface area (Å²) in [4.78, 5) is 14.2. The van der Waals surface area contributed by atoms with Crippen LogP contribution in [0, 0.1) is 0 Å². The Morgan fingerprint density at radius 3 is 2.05 bits per heavy atom. The first-order chi connectivity index (χ1) is 26.4. The van der Waals surface area contributed by atoms with E-state index in [0.29, 0.717) is 22.3 Å². The normalized spacial score (nSPS) is 15.1. The van der Waals surface area contributed by atoms with Crippen LogP contribution < -0.4 is 0 Å². The summed E-state index contributed by atoms with van der Waals surface area (Å²) in [6.07, 6.45) is 0. The van der Waals surface area contributed by atoms with Crippen LogP contribution in [0.1, 0.15) is 15.1 Å².